The van der Waals surface area contributed by atoms with E-state index >= 15 is 0 Å². The van der Waals surface area contributed by atoms with Gasteiger partial charge in [-0.05, 0) is 44.2 Å². The number of quaternary nitrogens is 1. The summed E-state index contributed by atoms with van der Waals surface area (Å²) in [4.78, 5) is 22.5. The number of nitrogens with two attached hydrogens (primary N) is 1. The average Bonchev–Trinajstić information content (AvgIpc) is 2.99. The van der Waals surface area contributed by atoms with Crippen molar-refractivity contribution in [3.8, 4) is 0 Å². The quantitative estimate of drug-likeness (QED) is 0.735. The Morgan fingerprint density at radius 3 is 2.96 bits per heavy atom. The summed E-state index contributed by atoms with van der Waals surface area (Å²) in [5.74, 6) is 0.731. The first kappa shape index (κ1) is 16.8. The van der Waals surface area contributed by atoms with Crippen LogP contribution in [0.3, 0.4) is 0 Å². The van der Waals surface area contributed by atoms with E-state index in [0.29, 0.717) is 6.54 Å². The molecule has 130 valence electrons. The van der Waals surface area contributed by atoms with Crippen molar-refractivity contribution >= 4 is 33.2 Å². The van der Waals surface area contributed by atoms with Crippen molar-refractivity contribution in [1.29, 1.82) is 0 Å². The normalized spacial score (nSPS) is 15.3. The monoisotopic (exact) mass is 374 g/mol. The van der Waals surface area contributed by atoms with Gasteiger partial charge in [0.2, 0.25) is 0 Å². The SMILES string of the molecule is C[C@@H]([NH2+]Cc1nc2sc3c(c2c(=O)[nH]1)CCCC3)c1ccccc1Cl. The van der Waals surface area contributed by atoms with Crippen LogP contribution in [0.5, 0.6) is 0 Å². The summed E-state index contributed by atoms with van der Waals surface area (Å²) in [6.07, 6.45) is 4.48. The molecule has 2 aromatic heterocycles. The number of aromatic nitrogens is 2. The third-order valence-electron chi connectivity index (χ3n) is 4.93. The van der Waals surface area contributed by atoms with Crippen LogP contribution >= 0.6 is 22.9 Å². The van der Waals surface area contributed by atoms with Gasteiger partial charge in [-0.2, -0.15) is 0 Å². The number of hydrogen-bond donors (Lipinski definition) is 2. The van der Waals surface area contributed by atoms with E-state index in [1.807, 2.05) is 24.3 Å². The van der Waals surface area contributed by atoms with Crippen molar-refractivity contribution in [2.75, 3.05) is 0 Å². The fourth-order valence-electron chi connectivity index (χ4n) is 3.56. The summed E-state index contributed by atoms with van der Waals surface area (Å²) in [5.41, 5.74) is 2.34. The number of nitrogens with one attached hydrogen (secondary N) is 1. The van der Waals surface area contributed by atoms with E-state index in [0.717, 1.165) is 39.5 Å². The van der Waals surface area contributed by atoms with Crippen molar-refractivity contribution in [3.63, 3.8) is 0 Å². The Morgan fingerprint density at radius 1 is 1.32 bits per heavy atom. The molecule has 25 heavy (non-hydrogen) atoms. The average molecular weight is 375 g/mol. The first-order valence-corrected chi connectivity index (χ1v) is 9.94. The van der Waals surface area contributed by atoms with Crippen LogP contribution in [0, 0.1) is 0 Å². The first-order chi connectivity index (χ1) is 12.1. The Balaban J connectivity index is 1.58. The molecule has 4 rings (SSSR count). The van der Waals surface area contributed by atoms with Crippen molar-refractivity contribution in [2.24, 2.45) is 0 Å². The lowest BCUT2D eigenvalue weighted by atomic mass is 9.97. The van der Waals surface area contributed by atoms with Crippen LogP contribution in [0.4, 0.5) is 0 Å². The zero-order valence-electron chi connectivity index (χ0n) is 14.1. The van der Waals surface area contributed by atoms with Crippen LogP contribution in [0.15, 0.2) is 29.1 Å². The number of aryl methyl sites for hydroxylation is 2. The molecule has 0 radical (unpaired) electrons. The van der Waals surface area contributed by atoms with E-state index < -0.39 is 0 Å². The molecule has 0 saturated carbocycles. The van der Waals surface area contributed by atoms with E-state index in [2.05, 4.69) is 17.2 Å². The fraction of sp³-hybridized carbons (Fsp3) is 0.368. The lowest BCUT2D eigenvalue weighted by Gasteiger charge is -2.12. The van der Waals surface area contributed by atoms with Gasteiger partial charge in [-0.15, -0.1) is 11.3 Å². The van der Waals surface area contributed by atoms with Crippen LogP contribution < -0.4 is 10.9 Å². The molecule has 0 aliphatic heterocycles. The second-order valence-corrected chi connectivity index (χ2v) is 8.14. The number of benzene rings is 1. The van der Waals surface area contributed by atoms with Gasteiger partial charge >= 0.3 is 0 Å². The number of hydrogen-bond acceptors (Lipinski definition) is 3. The number of aromatic amines is 1. The minimum absolute atomic E-state index is 0.0122. The number of nitrogens with zero attached hydrogens (tertiary/aromatic N) is 1. The predicted octanol–water partition coefficient (Wildman–Crippen LogP) is 3.34. The molecule has 0 fully saturated rings. The number of thiophene rings is 1. The van der Waals surface area contributed by atoms with E-state index in [1.165, 1.54) is 23.3 Å². The second kappa shape index (κ2) is 6.90. The van der Waals surface area contributed by atoms with Gasteiger partial charge in [0, 0.05) is 15.5 Å². The molecule has 0 spiro atoms. The van der Waals surface area contributed by atoms with Gasteiger partial charge in [0.15, 0.2) is 5.82 Å². The standard InChI is InChI=1S/C19H20ClN3OS/c1-11(12-6-2-4-8-14(12)20)21-10-16-22-18(24)17-13-7-3-5-9-15(13)25-19(17)23-16/h2,4,6,8,11,21H,3,5,7,9-10H2,1H3,(H,22,23,24)/p+1/t11-/m1/s1. The molecule has 4 nitrogen and oxygen atoms in total. The molecule has 0 saturated heterocycles. The molecule has 0 bridgehead atoms. The molecule has 1 aromatic carbocycles. The van der Waals surface area contributed by atoms with Crippen LogP contribution in [-0.4, -0.2) is 9.97 Å². The van der Waals surface area contributed by atoms with Crippen LogP contribution in [0.1, 0.15) is 47.6 Å². The zero-order valence-corrected chi connectivity index (χ0v) is 15.7. The Bertz CT molecular complexity index is 978. The number of H-pyrrole nitrogens is 1. The van der Waals surface area contributed by atoms with Gasteiger partial charge in [0.05, 0.1) is 5.39 Å². The molecule has 1 aliphatic carbocycles. The van der Waals surface area contributed by atoms with Gasteiger partial charge in [0.25, 0.3) is 5.56 Å². The van der Waals surface area contributed by atoms with Crippen LogP contribution in [0.2, 0.25) is 5.02 Å². The summed E-state index contributed by atoms with van der Waals surface area (Å²) in [6, 6.07) is 8.07. The predicted molar refractivity (Wildman–Crippen MR) is 102 cm³/mol. The van der Waals surface area contributed by atoms with Gasteiger partial charge < -0.3 is 10.3 Å². The van der Waals surface area contributed by atoms with Gasteiger partial charge in [-0.3, -0.25) is 4.79 Å². The maximum Gasteiger partial charge on any atom is 0.260 e. The Labute approximate surface area is 155 Å². The second-order valence-electron chi connectivity index (χ2n) is 6.65. The highest BCUT2D eigenvalue weighted by molar-refractivity contribution is 7.18. The summed E-state index contributed by atoms with van der Waals surface area (Å²) in [6.45, 7) is 2.74. The van der Waals surface area contributed by atoms with Gasteiger partial charge in [0.1, 0.15) is 17.4 Å². The maximum atomic E-state index is 12.6. The summed E-state index contributed by atoms with van der Waals surface area (Å²) in [7, 11) is 0. The zero-order chi connectivity index (χ0) is 17.4. The van der Waals surface area contributed by atoms with Crippen molar-refractivity contribution in [2.45, 2.75) is 45.2 Å². The summed E-state index contributed by atoms with van der Waals surface area (Å²) >= 11 is 7.97. The molecule has 6 heteroatoms. The molecule has 2 heterocycles. The van der Waals surface area contributed by atoms with E-state index in [9.17, 15) is 4.79 Å². The highest BCUT2D eigenvalue weighted by Gasteiger charge is 2.20. The summed E-state index contributed by atoms with van der Waals surface area (Å²) < 4.78 is 0. The van der Waals surface area contributed by atoms with Crippen LogP contribution in [-0.2, 0) is 19.4 Å². The minimum atomic E-state index is 0.0122. The topological polar surface area (TPSA) is 62.4 Å². The molecule has 0 unspecified atom stereocenters. The number of fused-ring (bicyclic) bond motifs is 3. The highest BCUT2D eigenvalue weighted by atomic mass is 35.5. The number of halogens is 1. The third-order valence-corrected chi connectivity index (χ3v) is 6.46. The van der Waals surface area contributed by atoms with Crippen molar-refractivity contribution in [3.05, 3.63) is 61.5 Å². The van der Waals surface area contributed by atoms with E-state index in [-0.39, 0.29) is 11.6 Å². The lowest BCUT2D eigenvalue weighted by Crippen LogP contribution is -2.83. The molecular formula is C19H21ClN3OS+. The minimum Gasteiger partial charge on any atom is -0.334 e. The van der Waals surface area contributed by atoms with Gasteiger partial charge in [-0.1, -0.05) is 29.8 Å². The molecule has 1 atom stereocenters. The number of rotatable bonds is 4. The van der Waals surface area contributed by atoms with Crippen molar-refractivity contribution < 1.29 is 5.32 Å². The lowest BCUT2D eigenvalue weighted by molar-refractivity contribution is -0.708. The Morgan fingerprint density at radius 2 is 2.12 bits per heavy atom. The summed E-state index contributed by atoms with van der Waals surface area (Å²) in [5, 5.41) is 3.75. The first-order valence-electron chi connectivity index (χ1n) is 8.74. The fourth-order valence-corrected chi connectivity index (χ4v) is 5.15. The van der Waals surface area contributed by atoms with Gasteiger partial charge in [-0.25, -0.2) is 4.98 Å². The Hall–Kier alpha value is -1.69. The van der Waals surface area contributed by atoms with E-state index in [1.54, 1.807) is 11.3 Å². The van der Waals surface area contributed by atoms with E-state index in [4.69, 9.17) is 16.6 Å². The molecular weight excluding hydrogens is 354 g/mol. The highest BCUT2D eigenvalue weighted by Crippen LogP contribution is 2.33. The smallest absolute Gasteiger partial charge is 0.260 e. The molecule has 3 N–H and O–H groups in total. The Kier molecular flexibility index (Phi) is 4.63. The third kappa shape index (κ3) is 3.24. The van der Waals surface area contributed by atoms with Crippen LogP contribution in [0.25, 0.3) is 10.2 Å². The van der Waals surface area contributed by atoms with Crippen molar-refractivity contribution in [1.82, 2.24) is 9.97 Å². The largest absolute Gasteiger partial charge is 0.334 e. The maximum absolute atomic E-state index is 12.6. The molecule has 1 aliphatic rings. The molecule has 3 aromatic rings. The molecule has 0 amide bonds.